The Labute approximate surface area is 86.4 Å². The van der Waals surface area contributed by atoms with Gasteiger partial charge in [-0.2, -0.15) is 0 Å². The zero-order valence-corrected chi connectivity index (χ0v) is 9.13. The Morgan fingerprint density at radius 1 is 1.43 bits per heavy atom. The molecule has 1 aliphatic rings. The van der Waals surface area contributed by atoms with Crippen LogP contribution in [0.15, 0.2) is 0 Å². The van der Waals surface area contributed by atoms with Crippen LogP contribution in [0.5, 0.6) is 0 Å². The minimum absolute atomic E-state index is 0.0476. The van der Waals surface area contributed by atoms with E-state index in [-0.39, 0.29) is 12.0 Å². The summed E-state index contributed by atoms with van der Waals surface area (Å²) >= 11 is 0. The number of rotatable bonds is 6. The van der Waals surface area contributed by atoms with Crippen molar-refractivity contribution in [1.82, 2.24) is 0 Å². The summed E-state index contributed by atoms with van der Waals surface area (Å²) in [5.41, 5.74) is 0.0476. The van der Waals surface area contributed by atoms with Crippen LogP contribution in [0.25, 0.3) is 0 Å². The van der Waals surface area contributed by atoms with Gasteiger partial charge in [-0.3, -0.25) is 0 Å². The first-order valence-electron chi connectivity index (χ1n) is 5.50. The maximum absolute atomic E-state index is 9.39. The van der Waals surface area contributed by atoms with Crippen molar-refractivity contribution in [3.8, 4) is 0 Å². The summed E-state index contributed by atoms with van der Waals surface area (Å²) in [4.78, 5) is 0. The molecule has 1 rings (SSSR count). The zero-order valence-electron chi connectivity index (χ0n) is 9.13. The molecule has 1 atom stereocenters. The van der Waals surface area contributed by atoms with Crippen molar-refractivity contribution in [2.24, 2.45) is 5.41 Å². The third-order valence-corrected chi connectivity index (χ3v) is 3.05. The molecule has 0 spiro atoms. The van der Waals surface area contributed by atoms with Crippen LogP contribution in [-0.2, 0) is 9.47 Å². The monoisotopic (exact) mass is 202 g/mol. The van der Waals surface area contributed by atoms with Crippen molar-refractivity contribution in [3.63, 3.8) is 0 Å². The van der Waals surface area contributed by atoms with E-state index in [0.717, 1.165) is 51.9 Å². The largest absolute Gasteiger partial charge is 0.396 e. The molecule has 0 saturated carbocycles. The maximum Gasteiger partial charge on any atom is 0.0544 e. The van der Waals surface area contributed by atoms with E-state index in [1.807, 2.05) is 0 Å². The van der Waals surface area contributed by atoms with Gasteiger partial charge in [0.1, 0.15) is 0 Å². The van der Waals surface area contributed by atoms with E-state index >= 15 is 0 Å². The van der Waals surface area contributed by atoms with Crippen LogP contribution >= 0.6 is 0 Å². The Kier molecular flexibility index (Phi) is 5.45. The Balaban J connectivity index is 2.22. The molecule has 1 N–H and O–H groups in total. The highest BCUT2D eigenvalue weighted by Gasteiger charge is 2.31. The summed E-state index contributed by atoms with van der Waals surface area (Å²) < 4.78 is 10.4. The van der Waals surface area contributed by atoms with Gasteiger partial charge in [-0.25, -0.2) is 0 Å². The van der Waals surface area contributed by atoms with Gasteiger partial charge in [0.05, 0.1) is 13.2 Å². The Bertz CT molecular complexity index is 141. The molecular formula is C11H22O3. The molecule has 0 aromatic carbocycles. The molecular weight excluding hydrogens is 180 g/mol. The summed E-state index contributed by atoms with van der Waals surface area (Å²) in [6.45, 7) is 2.68. The lowest BCUT2D eigenvalue weighted by Crippen LogP contribution is -2.35. The van der Waals surface area contributed by atoms with Crippen molar-refractivity contribution in [1.29, 1.82) is 0 Å². The molecule has 3 nitrogen and oxygen atoms in total. The van der Waals surface area contributed by atoms with Crippen LogP contribution in [0.4, 0.5) is 0 Å². The second kappa shape index (κ2) is 6.38. The second-order valence-corrected chi connectivity index (χ2v) is 4.26. The molecule has 0 radical (unpaired) electrons. The summed E-state index contributed by atoms with van der Waals surface area (Å²) in [5, 5.41) is 9.39. The molecule has 1 fully saturated rings. The van der Waals surface area contributed by atoms with Crippen molar-refractivity contribution in [2.45, 2.75) is 32.1 Å². The number of methoxy groups -OCH3 is 1. The summed E-state index contributed by atoms with van der Waals surface area (Å²) in [6.07, 6.45) is 5.46. The van der Waals surface area contributed by atoms with Gasteiger partial charge in [-0.1, -0.05) is 6.42 Å². The zero-order chi connectivity index (χ0) is 10.3. The van der Waals surface area contributed by atoms with Gasteiger partial charge in [-0.15, -0.1) is 0 Å². The van der Waals surface area contributed by atoms with E-state index in [9.17, 15) is 5.11 Å². The minimum atomic E-state index is 0.0476. The van der Waals surface area contributed by atoms with Crippen LogP contribution < -0.4 is 0 Å². The first-order valence-corrected chi connectivity index (χ1v) is 5.50. The van der Waals surface area contributed by atoms with Crippen LogP contribution in [0.3, 0.4) is 0 Å². The molecule has 3 heteroatoms. The van der Waals surface area contributed by atoms with Crippen LogP contribution in [-0.4, -0.2) is 38.6 Å². The molecule has 1 aliphatic heterocycles. The van der Waals surface area contributed by atoms with Crippen molar-refractivity contribution in [2.75, 3.05) is 33.5 Å². The Morgan fingerprint density at radius 3 is 2.86 bits per heavy atom. The van der Waals surface area contributed by atoms with E-state index in [1.165, 1.54) is 0 Å². The lowest BCUT2D eigenvalue weighted by Gasteiger charge is -2.35. The van der Waals surface area contributed by atoms with E-state index in [2.05, 4.69) is 0 Å². The van der Waals surface area contributed by atoms with Gasteiger partial charge < -0.3 is 14.6 Å². The average Bonchev–Trinajstić information content (AvgIpc) is 2.26. The number of hydrogen-bond donors (Lipinski definition) is 1. The van der Waals surface area contributed by atoms with E-state index in [1.54, 1.807) is 7.11 Å². The second-order valence-electron chi connectivity index (χ2n) is 4.26. The van der Waals surface area contributed by atoms with Gasteiger partial charge in [0, 0.05) is 25.7 Å². The van der Waals surface area contributed by atoms with Crippen molar-refractivity contribution < 1.29 is 14.6 Å². The molecule has 0 aliphatic carbocycles. The maximum atomic E-state index is 9.39. The molecule has 0 aromatic rings. The van der Waals surface area contributed by atoms with Crippen LogP contribution in [0.2, 0.25) is 0 Å². The number of unbranched alkanes of at least 4 members (excludes halogenated alkanes) is 1. The lowest BCUT2D eigenvalue weighted by molar-refractivity contribution is -0.0445. The summed E-state index contributed by atoms with van der Waals surface area (Å²) in [7, 11) is 1.73. The predicted molar refractivity (Wildman–Crippen MR) is 55.3 cm³/mol. The van der Waals surface area contributed by atoms with E-state index in [0.29, 0.717) is 0 Å². The molecule has 1 heterocycles. The fourth-order valence-electron chi connectivity index (χ4n) is 2.06. The van der Waals surface area contributed by atoms with Gasteiger partial charge in [-0.05, 0) is 25.7 Å². The quantitative estimate of drug-likeness (QED) is 0.665. The molecule has 0 bridgehead atoms. The Hall–Kier alpha value is -0.120. The minimum Gasteiger partial charge on any atom is -0.396 e. The van der Waals surface area contributed by atoms with Crippen LogP contribution in [0, 0.1) is 5.41 Å². The van der Waals surface area contributed by atoms with Gasteiger partial charge in [0.2, 0.25) is 0 Å². The summed E-state index contributed by atoms with van der Waals surface area (Å²) in [6, 6.07) is 0. The molecule has 14 heavy (non-hydrogen) atoms. The highest BCUT2D eigenvalue weighted by atomic mass is 16.5. The third-order valence-electron chi connectivity index (χ3n) is 3.05. The first kappa shape index (κ1) is 12.0. The highest BCUT2D eigenvalue weighted by molar-refractivity contribution is 4.80. The van der Waals surface area contributed by atoms with Gasteiger partial charge in [0.15, 0.2) is 0 Å². The predicted octanol–water partition coefficient (Wildman–Crippen LogP) is 1.59. The fourth-order valence-corrected chi connectivity index (χ4v) is 2.06. The van der Waals surface area contributed by atoms with Crippen LogP contribution in [0.1, 0.15) is 32.1 Å². The number of aliphatic hydroxyl groups excluding tert-OH is 1. The lowest BCUT2D eigenvalue weighted by atomic mass is 9.79. The van der Waals surface area contributed by atoms with Gasteiger partial charge >= 0.3 is 0 Å². The standard InChI is InChI=1S/C11H22O3/c1-13-7-3-2-5-11(9-12)6-4-8-14-10-11/h12H,2-10H2,1H3. The van der Waals surface area contributed by atoms with E-state index < -0.39 is 0 Å². The molecule has 0 amide bonds. The number of ether oxygens (including phenoxy) is 2. The Morgan fingerprint density at radius 2 is 2.29 bits per heavy atom. The first-order chi connectivity index (χ1) is 6.83. The third kappa shape index (κ3) is 3.56. The fraction of sp³-hybridized carbons (Fsp3) is 1.00. The SMILES string of the molecule is COCCCCC1(CO)CCCOC1. The van der Waals surface area contributed by atoms with E-state index in [4.69, 9.17) is 9.47 Å². The van der Waals surface area contributed by atoms with Gasteiger partial charge in [0.25, 0.3) is 0 Å². The molecule has 1 unspecified atom stereocenters. The molecule has 84 valence electrons. The smallest absolute Gasteiger partial charge is 0.0544 e. The molecule has 1 saturated heterocycles. The van der Waals surface area contributed by atoms with Crippen molar-refractivity contribution >= 4 is 0 Å². The summed E-state index contributed by atoms with van der Waals surface area (Å²) in [5.74, 6) is 0. The average molecular weight is 202 g/mol. The highest BCUT2D eigenvalue weighted by Crippen LogP contribution is 2.33. The number of aliphatic hydroxyl groups is 1. The topological polar surface area (TPSA) is 38.7 Å². The normalized spacial score (nSPS) is 27.9. The number of hydrogen-bond acceptors (Lipinski definition) is 3. The van der Waals surface area contributed by atoms with Crippen molar-refractivity contribution in [3.05, 3.63) is 0 Å². The molecule has 0 aromatic heterocycles.